The van der Waals surface area contributed by atoms with Crippen LogP contribution in [0.1, 0.15) is 202 Å². The van der Waals surface area contributed by atoms with E-state index in [9.17, 15) is 91.4 Å². The first kappa shape index (κ1) is 102. The molecule has 0 aromatic rings. The number of aliphatic hydroxyl groups is 1. The lowest BCUT2D eigenvalue weighted by molar-refractivity contribution is -0.140. The summed E-state index contributed by atoms with van der Waals surface area (Å²) < 4.78 is 0. The monoisotopic (exact) mass is 1620 g/mol. The van der Waals surface area contributed by atoms with Crippen LogP contribution in [-0.4, -0.2) is 234 Å². The van der Waals surface area contributed by atoms with Crippen molar-refractivity contribution in [2.45, 2.75) is 281 Å². The second-order valence-corrected chi connectivity index (χ2v) is 32.2. The smallest absolute Gasteiger partial charge is 0.245 e. The first-order valence-corrected chi connectivity index (χ1v) is 39.8. The van der Waals surface area contributed by atoms with Crippen molar-refractivity contribution in [1.29, 1.82) is 0 Å². The van der Waals surface area contributed by atoms with Crippen molar-refractivity contribution < 1.29 is 91.4 Å². The Morgan fingerprint density at radius 3 is 1.18 bits per heavy atom. The van der Waals surface area contributed by atoms with Gasteiger partial charge < -0.3 is 107 Å². The van der Waals surface area contributed by atoms with Crippen molar-refractivity contribution in [2.75, 3.05) is 39.3 Å². The van der Waals surface area contributed by atoms with Crippen LogP contribution >= 0.6 is 0 Å². The summed E-state index contributed by atoms with van der Waals surface area (Å²) >= 11 is 0. The normalized spacial score (nSPS) is 16.7. The summed E-state index contributed by atoms with van der Waals surface area (Å²) in [6, 6.07) is -16.6. The van der Waals surface area contributed by atoms with Gasteiger partial charge in [-0.15, -0.1) is 0 Å². The van der Waals surface area contributed by atoms with Crippen LogP contribution in [-0.2, 0) is 86.3 Å². The highest BCUT2D eigenvalue weighted by molar-refractivity contribution is 6.01. The maximum atomic E-state index is 14.2. The molecule has 0 aromatic carbocycles. The Balaban J connectivity index is 3.16. The fourth-order valence-corrected chi connectivity index (χ4v) is 12.1. The van der Waals surface area contributed by atoms with Crippen molar-refractivity contribution in [3.63, 3.8) is 0 Å². The van der Waals surface area contributed by atoms with Gasteiger partial charge in [0.1, 0.15) is 72.5 Å². The van der Waals surface area contributed by atoms with Crippen molar-refractivity contribution in [2.24, 2.45) is 70.5 Å². The molecule has 1 heterocycles. The molecule has 1 saturated heterocycles. The summed E-state index contributed by atoms with van der Waals surface area (Å²) in [4.78, 5) is 243. The number of carbonyl (C=O) groups is 18. The highest BCUT2D eigenvalue weighted by atomic mass is 16.3. The lowest BCUT2D eigenvalue weighted by Gasteiger charge is -2.30. The van der Waals surface area contributed by atoms with Gasteiger partial charge in [-0.3, -0.25) is 86.3 Å². The Labute approximate surface area is 670 Å². The number of carbonyl (C=O) groups excluding carboxylic acids is 18. The molecule has 22 N–H and O–H groups in total. The van der Waals surface area contributed by atoms with E-state index in [1.165, 1.54) is 25.7 Å². The highest BCUT2D eigenvalue weighted by Crippen LogP contribution is 2.21. The Morgan fingerprint density at radius 2 is 0.737 bits per heavy atom. The zero-order chi connectivity index (χ0) is 87.3. The minimum Gasteiger partial charge on any atom is -0.394 e. The number of primary amides is 2. The summed E-state index contributed by atoms with van der Waals surface area (Å²) in [5.41, 5.74) is 17.1. The molecule has 0 spiro atoms. The third-order valence-electron chi connectivity index (χ3n) is 19.3. The Morgan fingerprint density at radius 1 is 0.368 bits per heavy atom. The summed E-state index contributed by atoms with van der Waals surface area (Å²) in [6.45, 7) is 29.6. The number of likely N-dealkylation sites (tertiary alicyclic amines) is 1. The molecule has 114 heavy (non-hydrogen) atoms. The Hall–Kier alpha value is -9.62. The van der Waals surface area contributed by atoms with Gasteiger partial charge in [0.25, 0.3) is 0 Å². The second kappa shape index (κ2) is 51.3. The van der Waals surface area contributed by atoms with Crippen LogP contribution in [0.15, 0.2) is 0 Å². The van der Waals surface area contributed by atoms with Gasteiger partial charge in [0, 0.05) is 6.54 Å². The molecule has 16 atom stereocenters. The molecule has 38 heteroatoms. The first-order chi connectivity index (χ1) is 53.1. The predicted octanol–water partition coefficient (Wildman–Crippen LogP) is -3.50. The van der Waals surface area contributed by atoms with E-state index in [2.05, 4.69) is 79.8 Å². The SMILES string of the molecule is CC[C@H](C)[C@H](N)C(=O)N[C@@H](C(=O)NCC(=O)N1CCC[C@H]1C(=O)N[C@H](C(=O)N[C@@H](CC(C)C)C(=O)NCC(=O)N[C@@H](CC(C)C)C(=O)N[C@H](C(=O)N[C@@H](CO)C(=O)N[C@@H](CC(N)=O)C(=O)N[C@@H](C)C(=O)N[C@@H](CC(C)C)C(=O)NCC(=O)NCC(=O)N[C@@H](CC(C)C)C(=O)N[C@@H](CC(C)C)C(N)=O)C(C)C)[C@@H](C)CC)[C@@H](C)CC. The number of rotatable bonds is 52. The lowest BCUT2D eigenvalue weighted by atomic mass is 9.95. The molecule has 1 fully saturated rings. The number of amides is 18. The van der Waals surface area contributed by atoms with Crippen LogP contribution in [0.2, 0.25) is 0 Å². The molecule has 18 amide bonds. The number of hydrogen-bond donors (Lipinski definition) is 19. The van der Waals surface area contributed by atoms with Gasteiger partial charge in [-0.25, -0.2) is 0 Å². The van der Waals surface area contributed by atoms with E-state index < -0.39 is 236 Å². The van der Waals surface area contributed by atoms with Crippen LogP contribution in [0.25, 0.3) is 0 Å². The van der Waals surface area contributed by atoms with E-state index in [1.807, 2.05) is 48.5 Å². The van der Waals surface area contributed by atoms with Crippen LogP contribution in [0.3, 0.4) is 0 Å². The molecule has 0 aromatic heterocycles. The van der Waals surface area contributed by atoms with Gasteiger partial charge in [-0.2, -0.15) is 0 Å². The maximum absolute atomic E-state index is 14.2. The molecule has 1 aliphatic rings. The molecular formula is C76H135N19O19. The average molecular weight is 1620 g/mol. The molecule has 648 valence electrons. The zero-order valence-electron chi connectivity index (χ0n) is 70.2. The van der Waals surface area contributed by atoms with Crippen molar-refractivity contribution >= 4 is 106 Å². The minimum absolute atomic E-state index is 0.00232. The van der Waals surface area contributed by atoms with Gasteiger partial charge >= 0.3 is 0 Å². The number of nitrogens with one attached hydrogen (secondary N) is 15. The minimum atomic E-state index is -1.85. The Bertz CT molecular complexity index is 3280. The van der Waals surface area contributed by atoms with E-state index in [4.69, 9.17) is 17.2 Å². The molecule has 1 rings (SSSR count). The van der Waals surface area contributed by atoms with Gasteiger partial charge in [0.2, 0.25) is 106 Å². The lowest BCUT2D eigenvalue weighted by Crippen LogP contribution is -2.61. The first-order valence-electron chi connectivity index (χ1n) is 39.8. The number of nitrogens with two attached hydrogens (primary N) is 3. The molecule has 0 aliphatic carbocycles. The van der Waals surface area contributed by atoms with Gasteiger partial charge in [-0.1, -0.05) is 144 Å². The highest BCUT2D eigenvalue weighted by Gasteiger charge is 2.41. The molecule has 38 nitrogen and oxygen atoms in total. The van der Waals surface area contributed by atoms with Crippen LogP contribution < -0.4 is 97.0 Å². The van der Waals surface area contributed by atoms with Crippen molar-refractivity contribution in [3.05, 3.63) is 0 Å². The van der Waals surface area contributed by atoms with Crippen molar-refractivity contribution in [3.8, 4) is 0 Å². The number of nitrogens with zero attached hydrogens (tertiary/aromatic N) is 1. The summed E-state index contributed by atoms with van der Waals surface area (Å²) in [5.74, 6) is -17.2. The van der Waals surface area contributed by atoms with E-state index in [0.717, 1.165) is 0 Å². The van der Waals surface area contributed by atoms with E-state index in [1.54, 1.807) is 62.3 Å². The fourth-order valence-electron chi connectivity index (χ4n) is 12.1. The third kappa shape index (κ3) is 37.1. The average Bonchev–Trinajstić information content (AvgIpc) is 1.66. The maximum Gasteiger partial charge on any atom is 0.245 e. The summed E-state index contributed by atoms with van der Waals surface area (Å²) in [5, 5.41) is 48.2. The fraction of sp³-hybridized carbons (Fsp3) is 0.763. The number of aliphatic hydroxyl groups excluding tert-OH is 1. The molecular weight excluding hydrogens is 1480 g/mol. The molecule has 0 radical (unpaired) electrons. The molecule has 0 bridgehead atoms. The molecule has 0 saturated carbocycles. The van der Waals surface area contributed by atoms with Gasteiger partial charge in [0.05, 0.1) is 45.2 Å². The predicted molar refractivity (Wildman–Crippen MR) is 422 cm³/mol. The third-order valence-corrected chi connectivity index (χ3v) is 19.3. The van der Waals surface area contributed by atoms with Gasteiger partial charge in [-0.05, 0) is 105 Å². The molecule has 1 aliphatic heterocycles. The zero-order valence-corrected chi connectivity index (χ0v) is 70.2. The largest absolute Gasteiger partial charge is 0.394 e. The van der Waals surface area contributed by atoms with Gasteiger partial charge in [0.15, 0.2) is 0 Å². The quantitative estimate of drug-likeness (QED) is 0.0281. The second-order valence-electron chi connectivity index (χ2n) is 32.2. The topological polar surface area (TPSA) is 589 Å². The standard InChI is InChI=1S/C76H135N19O19/c1-20-43(16)60(78)73(111)94-62(44(17)21-2)74(112)83-35-59(101)95-25-23-24-54(95)72(110)93-63(45(18)22-3)76(114)90-49(28-39(8)9)67(105)82-34-58(100)86-51(30-41(12)13)70(108)92-61(42(14)15)75(113)91-53(36-96)71(109)89-52(31-55(77)97)68(106)84-46(19)65(103)88-48(27-38(6)7)66(104)81-32-56(98)80-33-57(99)85-50(29-40(10)11)69(107)87-47(64(79)102)26-37(4)5/h37-54,60-63,96H,20-36,78H2,1-19H3,(H2,77,97)(H2,79,102)(H,80,98)(H,81,104)(H,82,105)(H,83,112)(H,84,106)(H,85,99)(H,86,100)(H,87,107)(H,88,103)(H,89,109)(H,90,114)(H,91,113)(H,92,108)(H,93,110)(H,94,111)/t43-,44-,45-,46-,47-,48-,49-,50-,51-,52-,53-,54-,60-,61-,62+,63-/m0/s1. The van der Waals surface area contributed by atoms with Crippen LogP contribution in [0.4, 0.5) is 0 Å². The van der Waals surface area contributed by atoms with E-state index >= 15 is 0 Å². The summed E-state index contributed by atoms with van der Waals surface area (Å²) in [7, 11) is 0. The Kier molecular flexibility index (Phi) is 46.0. The van der Waals surface area contributed by atoms with Crippen molar-refractivity contribution in [1.82, 2.24) is 84.7 Å². The van der Waals surface area contributed by atoms with E-state index in [0.29, 0.717) is 25.7 Å². The van der Waals surface area contributed by atoms with Crippen LogP contribution in [0.5, 0.6) is 0 Å². The molecule has 0 unspecified atom stereocenters. The van der Waals surface area contributed by atoms with E-state index in [-0.39, 0.29) is 86.5 Å². The number of hydrogen-bond acceptors (Lipinski definition) is 20. The summed E-state index contributed by atoms with van der Waals surface area (Å²) in [6.07, 6.45) is 1.92. The van der Waals surface area contributed by atoms with Crippen LogP contribution in [0, 0.1) is 53.3 Å².